The lowest BCUT2D eigenvalue weighted by Gasteiger charge is -2.06. The first kappa shape index (κ1) is 12.2. The lowest BCUT2D eigenvalue weighted by atomic mass is 10.3. The number of rotatable bonds is 5. The van der Waals surface area contributed by atoms with Gasteiger partial charge in [-0.05, 0) is 6.92 Å². The van der Waals surface area contributed by atoms with Gasteiger partial charge in [0.1, 0.15) is 11.7 Å². The zero-order chi connectivity index (χ0) is 12.1. The lowest BCUT2D eigenvalue weighted by molar-refractivity contribution is -0.138. The van der Waals surface area contributed by atoms with Crippen LogP contribution in [-0.4, -0.2) is 39.1 Å². The van der Waals surface area contributed by atoms with E-state index in [1.807, 2.05) is 0 Å². The molecule has 0 fully saturated rings. The Morgan fingerprint density at radius 3 is 2.94 bits per heavy atom. The van der Waals surface area contributed by atoms with Crippen LogP contribution >= 0.6 is 0 Å². The summed E-state index contributed by atoms with van der Waals surface area (Å²) in [6, 6.07) is -0.938. The summed E-state index contributed by atoms with van der Waals surface area (Å²) in [7, 11) is 0. The molecule has 1 amide bonds. The third-order valence-corrected chi connectivity index (χ3v) is 1.97. The number of nitrogens with zero attached hydrogens (tertiary/aromatic N) is 2. The number of hydrogen-bond donors (Lipinski definition) is 3. The molecule has 0 aromatic carbocycles. The SMILES string of the molecule is CC(NC(=O)c1cn(CCN)cn1)C(=O)O. The molecule has 1 heterocycles. The second-order valence-corrected chi connectivity index (χ2v) is 3.32. The topological polar surface area (TPSA) is 110 Å². The maximum absolute atomic E-state index is 11.5. The smallest absolute Gasteiger partial charge is 0.325 e. The van der Waals surface area contributed by atoms with Gasteiger partial charge in [-0.15, -0.1) is 0 Å². The van der Waals surface area contributed by atoms with E-state index in [1.54, 1.807) is 4.57 Å². The molecule has 1 aromatic heterocycles. The first-order valence-corrected chi connectivity index (χ1v) is 4.80. The van der Waals surface area contributed by atoms with Crippen LogP contribution in [-0.2, 0) is 11.3 Å². The molecule has 1 aromatic rings. The quantitative estimate of drug-likeness (QED) is 0.599. The summed E-state index contributed by atoms with van der Waals surface area (Å²) in [5.74, 6) is -1.60. The summed E-state index contributed by atoms with van der Waals surface area (Å²) in [5, 5.41) is 10.9. The van der Waals surface area contributed by atoms with E-state index in [2.05, 4.69) is 10.3 Å². The third-order valence-electron chi connectivity index (χ3n) is 1.97. The van der Waals surface area contributed by atoms with Crippen molar-refractivity contribution < 1.29 is 14.7 Å². The summed E-state index contributed by atoms with van der Waals surface area (Å²) in [6.45, 7) is 2.40. The number of imidazole rings is 1. The second-order valence-electron chi connectivity index (χ2n) is 3.32. The first-order chi connectivity index (χ1) is 7.54. The van der Waals surface area contributed by atoms with E-state index in [9.17, 15) is 9.59 Å². The van der Waals surface area contributed by atoms with Crippen molar-refractivity contribution in [2.75, 3.05) is 6.54 Å². The average molecular weight is 226 g/mol. The van der Waals surface area contributed by atoms with E-state index >= 15 is 0 Å². The highest BCUT2D eigenvalue weighted by molar-refractivity contribution is 5.94. The number of amides is 1. The van der Waals surface area contributed by atoms with Crippen LogP contribution in [0.2, 0.25) is 0 Å². The monoisotopic (exact) mass is 226 g/mol. The summed E-state index contributed by atoms with van der Waals surface area (Å²) >= 11 is 0. The number of hydrogen-bond acceptors (Lipinski definition) is 4. The van der Waals surface area contributed by atoms with Gasteiger partial charge >= 0.3 is 5.97 Å². The van der Waals surface area contributed by atoms with E-state index in [1.165, 1.54) is 19.4 Å². The highest BCUT2D eigenvalue weighted by Crippen LogP contribution is 1.96. The fourth-order valence-corrected chi connectivity index (χ4v) is 1.08. The molecular weight excluding hydrogens is 212 g/mol. The minimum Gasteiger partial charge on any atom is -0.480 e. The number of carboxylic acids is 1. The van der Waals surface area contributed by atoms with Gasteiger partial charge in [-0.25, -0.2) is 4.98 Å². The Kier molecular flexibility index (Phi) is 4.01. The van der Waals surface area contributed by atoms with Crippen LogP contribution < -0.4 is 11.1 Å². The summed E-state index contributed by atoms with van der Waals surface area (Å²) < 4.78 is 1.67. The van der Waals surface area contributed by atoms with Crippen LogP contribution in [0.25, 0.3) is 0 Å². The van der Waals surface area contributed by atoms with E-state index in [4.69, 9.17) is 10.8 Å². The number of aromatic nitrogens is 2. The summed E-state index contributed by atoms with van der Waals surface area (Å²) in [4.78, 5) is 25.9. The molecule has 88 valence electrons. The van der Waals surface area contributed by atoms with Crippen molar-refractivity contribution >= 4 is 11.9 Å². The Labute approximate surface area is 92.3 Å². The Balaban J connectivity index is 2.62. The van der Waals surface area contributed by atoms with Crippen molar-refractivity contribution in [3.05, 3.63) is 18.2 Å². The molecule has 0 radical (unpaired) electrons. The number of carbonyl (C=O) groups excluding carboxylic acids is 1. The molecular formula is C9H14N4O3. The Morgan fingerprint density at radius 2 is 2.38 bits per heavy atom. The molecule has 0 spiro atoms. The average Bonchev–Trinajstić information content (AvgIpc) is 2.66. The lowest BCUT2D eigenvalue weighted by Crippen LogP contribution is -2.38. The van der Waals surface area contributed by atoms with Crippen LogP contribution in [0.1, 0.15) is 17.4 Å². The number of carboxylic acid groups (broad SMARTS) is 1. The molecule has 7 heteroatoms. The first-order valence-electron chi connectivity index (χ1n) is 4.80. The molecule has 1 atom stereocenters. The van der Waals surface area contributed by atoms with E-state index < -0.39 is 17.9 Å². The summed E-state index contributed by atoms with van der Waals surface area (Å²) in [6.07, 6.45) is 3.00. The van der Waals surface area contributed by atoms with Crippen molar-refractivity contribution in [2.45, 2.75) is 19.5 Å². The van der Waals surface area contributed by atoms with Crippen molar-refractivity contribution in [3.8, 4) is 0 Å². The van der Waals surface area contributed by atoms with Crippen LogP contribution in [0.5, 0.6) is 0 Å². The number of nitrogens with one attached hydrogen (secondary N) is 1. The van der Waals surface area contributed by atoms with Gasteiger partial charge in [-0.3, -0.25) is 9.59 Å². The van der Waals surface area contributed by atoms with E-state index in [-0.39, 0.29) is 5.69 Å². The van der Waals surface area contributed by atoms with Crippen molar-refractivity contribution in [1.82, 2.24) is 14.9 Å². The Hall–Kier alpha value is -1.89. The van der Waals surface area contributed by atoms with Gasteiger partial charge in [0.15, 0.2) is 0 Å². The fraction of sp³-hybridized carbons (Fsp3) is 0.444. The molecule has 4 N–H and O–H groups in total. The van der Waals surface area contributed by atoms with Gasteiger partial charge in [0, 0.05) is 19.3 Å². The van der Waals surface area contributed by atoms with Gasteiger partial charge in [-0.2, -0.15) is 0 Å². The maximum Gasteiger partial charge on any atom is 0.325 e. The largest absolute Gasteiger partial charge is 0.480 e. The van der Waals surface area contributed by atoms with Gasteiger partial charge < -0.3 is 20.7 Å². The standard InChI is InChI=1S/C9H14N4O3/c1-6(9(15)16)12-8(14)7-4-13(3-2-10)5-11-7/h4-6H,2-3,10H2,1H3,(H,12,14)(H,15,16). The van der Waals surface area contributed by atoms with Crippen molar-refractivity contribution in [1.29, 1.82) is 0 Å². The van der Waals surface area contributed by atoms with E-state index in [0.29, 0.717) is 13.1 Å². The molecule has 1 unspecified atom stereocenters. The van der Waals surface area contributed by atoms with Gasteiger partial charge in [0.25, 0.3) is 5.91 Å². The highest BCUT2D eigenvalue weighted by Gasteiger charge is 2.16. The number of carbonyl (C=O) groups is 2. The zero-order valence-corrected chi connectivity index (χ0v) is 8.88. The minimum atomic E-state index is -1.09. The molecule has 16 heavy (non-hydrogen) atoms. The third kappa shape index (κ3) is 3.06. The molecule has 0 aliphatic heterocycles. The molecule has 0 saturated heterocycles. The molecule has 0 saturated carbocycles. The number of aliphatic carboxylic acids is 1. The predicted molar refractivity (Wildman–Crippen MR) is 55.8 cm³/mol. The molecule has 0 aliphatic carbocycles. The van der Waals surface area contributed by atoms with Gasteiger partial charge in [0.2, 0.25) is 0 Å². The zero-order valence-electron chi connectivity index (χ0n) is 8.88. The molecule has 1 rings (SSSR count). The number of nitrogens with two attached hydrogens (primary N) is 1. The van der Waals surface area contributed by atoms with Gasteiger partial charge in [-0.1, -0.05) is 0 Å². The molecule has 0 aliphatic rings. The normalized spacial score (nSPS) is 12.1. The van der Waals surface area contributed by atoms with Crippen molar-refractivity contribution in [3.63, 3.8) is 0 Å². The second kappa shape index (κ2) is 5.26. The molecule has 7 nitrogen and oxygen atoms in total. The maximum atomic E-state index is 11.5. The fourth-order valence-electron chi connectivity index (χ4n) is 1.08. The van der Waals surface area contributed by atoms with Crippen LogP contribution in [0.3, 0.4) is 0 Å². The Morgan fingerprint density at radius 1 is 1.69 bits per heavy atom. The minimum absolute atomic E-state index is 0.182. The summed E-state index contributed by atoms with van der Waals surface area (Å²) in [5.41, 5.74) is 5.52. The van der Waals surface area contributed by atoms with Crippen molar-refractivity contribution in [2.24, 2.45) is 5.73 Å². The van der Waals surface area contributed by atoms with Crippen LogP contribution in [0.4, 0.5) is 0 Å². The molecule has 0 bridgehead atoms. The van der Waals surface area contributed by atoms with Crippen LogP contribution in [0, 0.1) is 0 Å². The Bertz CT molecular complexity index is 388. The van der Waals surface area contributed by atoms with E-state index in [0.717, 1.165) is 0 Å². The highest BCUT2D eigenvalue weighted by atomic mass is 16.4. The van der Waals surface area contributed by atoms with Gasteiger partial charge in [0.05, 0.1) is 6.33 Å². The van der Waals surface area contributed by atoms with Crippen LogP contribution in [0.15, 0.2) is 12.5 Å². The predicted octanol–water partition coefficient (Wildman–Crippen LogP) is -0.955.